The van der Waals surface area contributed by atoms with E-state index in [1.807, 2.05) is 12.1 Å². The highest BCUT2D eigenvalue weighted by Gasteiger charge is 2.06. The molecule has 0 aromatic heterocycles. The van der Waals surface area contributed by atoms with E-state index in [1.165, 1.54) is 6.92 Å². The predicted molar refractivity (Wildman–Crippen MR) is 115 cm³/mol. The van der Waals surface area contributed by atoms with Gasteiger partial charge in [0.25, 0.3) is 0 Å². The molecular weight excluding hydrogens is 420 g/mol. The van der Waals surface area contributed by atoms with E-state index in [9.17, 15) is 19.2 Å². The molecule has 10 heteroatoms. The van der Waals surface area contributed by atoms with Gasteiger partial charge in [0.1, 0.15) is 19.8 Å². The van der Waals surface area contributed by atoms with Crippen molar-refractivity contribution in [3.05, 3.63) is 60.2 Å². The summed E-state index contributed by atoms with van der Waals surface area (Å²) in [6, 6.07) is 7.21. The molecule has 0 aliphatic heterocycles. The van der Waals surface area contributed by atoms with Crippen molar-refractivity contribution in [2.45, 2.75) is 20.0 Å². The summed E-state index contributed by atoms with van der Waals surface area (Å²) >= 11 is 0. The van der Waals surface area contributed by atoms with Gasteiger partial charge >= 0.3 is 18.2 Å². The third-order valence-electron chi connectivity index (χ3n) is 3.83. The Morgan fingerprint density at radius 2 is 1.44 bits per heavy atom. The Hall–Kier alpha value is -3.66. The maximum Gasteiger partial charge on any atom is 0.407 e. The zero-order chi connectivity index (χ0) is 23.8. The first kappa shape index (κ1) is 26.4. The third kappa shape index (κ3) is 12.1. The topological polar surface area (TPSA) is 129 Å². The number of carbonyl (C=O) groups is 4. The number of hydrogen-bond acceptors (Lipinski definition) is 8. The Balaban J connectivity index is 2.23. The second-order valence-electron chi connectivity index (χ2n) is 6.38. The number of hydrogen-bond donors (Lipinski definition) is 2. The minimum atomic E-state index is -0.652. The standard InChI is InChI=1S/C22H28N2O8/c1-4-20(26)30-10-11-32-22(28)24-14-19-7-5-6-18(12-19)13-23-21(27)31-9-8-29-15-16(2)17(3)25/h4-7,12H,1-2,8-11,13-15H2,3H3,(H,23,27)(H,24,28). The van der Waals surface area contributed by atoms with Gasteiger partial charge in [-0.25, -0.2) is 14.4 Å². The van der Waals surface area contributed by atoms with Crippen LogP contribution in [0, 0.1) is 0 Å². The van der Waals surface area contributed by atoms with Crippen molar-refractivity contribution in [3.63, 3.8) is 0 Å². The maximum atomic E-state index is 11.7. The Bertz CT molecular complexity index is 822. The summed E-state index contributed by atoms with van der Waals surface area (Å²) in [5, 5.41) is 5.18. The number of Topliss-reactive ketones (excluding diaryl/α,β-unsaturated/α-hetero) is 1. The molecule has 32 heavy (non-hydrogen) atoms. The predicted octanol–water partition coefficient (Wildman–Crippen LogP) is 2.03. The fourth-order valence-corrected chi connectivity index (χ4v) is 2.13. The van der Waals surface area contributed by atoms with Crippen molar-refractivity contribution in [1.29, 1.82) is 0 Å². The van der Waals surface area contributed by atoms with Crippen molar-refractivity contribution in [2.75, 3.05) is 33.0 Å². The zero-order valence-electron chi connectivity index (χ0n) is 18.0. The fraction of sp³-hybridized carbons (Fsp3) is 0.364. The molecule has 2 amide bonds. The summed E-state index contributed by atoms with van der Waals surface area (Å²) in [7, 11) is 0. The average Bonchev–Trinajstić information content (AvgIpc) is 2.78. The van der Waals surface area contributed by atoms with E-state index < -0.39 is 18.2 Å². The summed E-state index contributed by atoms with van der Waals surface area (Å²) in [6.45, 7) is 8.81. The van der Waals surface area contributed by atoms with Crippen LogP contribution in [-0.2, 0) is 41.6 Å². The first-order valence-electron chi connectivity index (χ1n) is 9.76. The van der Waals surface area contributed by atoms with E-state index in [0.29, 0.717) is 5.57 Å². The maximum absolute atomic E-state index is 11.7. The van der Waals surface area contributed by atoms with E-state index in [-0.39, 0.29) is 51.9 Å². The normalized spacial score (nSPS) is 9.91. The van der Waals surface area contributed by atoms with Gasteiger partial charge in [-0.2, -0.15) is 0 Å². The van der Waals surface area contributed by atoms with E-state index in [4.69, 9.17) is 18.9 Å². The lowest BCUT2D eigenvalue weighted by Crippen LogP contribution is -2.26. The average molecular weight is 448 g/mol. The van der Waals surface area contributed by atoms with Crippen LogP contribution in [0.3, 0.4) is 0 Å². The zero-order valence-corrected chi connectivity index (χ0v) is 18.0. The Morgan fingerprint density at radius 1 is 0.906 bits per heavy atom. The molecule has 2 N–H and O–H groups in total. The number of amides is 2. The van der Waals surface area contributed by atoms with Crippen LogP contribution in [0.5, 0.6) is 0 Å². The molecule has 0 saturated heterocycles. The highest BCUT2D eigenvalue weighted by atomic mass is 16.6. The van der Waals surface area contributed by atoms with Crippen molar-refractivity contribution in [3.8, 4) is 0 Å². The molecule has 0 heterocycles. The van der Waals surface area contributed by atoms with E-state index >= 15 is 0 Å². The molecule has 0 spiro atoms. The summed E-state index contributed by atoms with van der Waals surface area (Å²) in [6.07, 6.45) is -0.240. The second-order valence-corrected chi connectivity index (χ2v) is 6.38. The summed E-state index contributed by atoms with van der Waals surface area (Å²) in [5.74, 6) is -0.739. The molecule has 1 aromatic carbocycles. The number of alkyl carbamates (subject to hydrolysis) is 2. The Kier molecular flexibility index (Phi) is 12.5. The van der Waals surface area contributed by atoms with Gasteiger partial charge in [0.2, 0.25) is 0 Å². The van der Waals surface area contributed by atoms with Crippen LogP contribution in [0.25, 0.3) is 0 Å². The SMILES string of the molecule is C=CC(=O)OCCOC(=O)NCc1cccc(CNC(=O)OCCOCC(=C)C(C)=O)c1. The Morgan fingerprint density at radius 3 is 1.97 bits per heavy atom. The molecule has 10 nitrogen and oxygen atoms in total. The molecule has 0 fully saturated rings. The molecule has 1 rings (SSSR count). The minimum absolute atomic E-state index is 0.0376. The first-order chi connectivity index (χ1) is 15.3. The molecule has 0 unspecified atom stereocenters. The van der Waals surface area contributed by atoms with Crippen LogP contribution in [0.1, 0.15) is 18.1 Å². The van der Waals surface area contributed by atoms with E-state index in [2.05, 4.69) is 23.8 Å². The number of benzene rings is 1. The number of ketones is 1. The molecule has 0 saturated carbocycles. The largest absolute Gasteiger partial charge is 0.459 e. The van der Waals surface area contributed by atoms with Crippen LogP contribution in [0.2, 0.25) is 0 Å². The van der Waals surface area contributed by atoms with E-state index in [0.717, 1.165) is 17.2 Å². The van der Waals surface area contributed by atoms with Crippen LogP contribution < -0.4 is 10.6 Å². The lowest BCUT2D eigenvalue weighted by atomic mass is 10.1. The molecule has 0 atom stereocenters. The highest BCUT2D eigenvalue weighted by Crippen LogP contribution is 2.05. The van der Waals surface area contributed by atoms with Crippen molar-refractivity contribution in [2.24, 2.45) is 0 Å². The smallest absolute Gasteiger partial charge is 0.407 e. The van der Waals surface area contributed by atoms with Gasteiger partial charge in [0, 0.05) is 24.7 Å². The third-order valence-corrected chi connectivity index (χ3v) is 3.83. The van der Waals surface area contributed by atoms with Crippen molar-refractivity contribution < 1.29 is 38.1 Å². The first-order valence-corrected chi connectivity index (χ1v) is 9.76. The van der Waals surface area contributed by atoms with Crippen molar-refractivity contribution in [1.82, 2.24) is 10.6 Å². The summed E-state index contributed by atoms with van der Waals surface area (Å²) in [4.78, 5) is 45.3. The van der Waals surface area contributed by atoms with Crippen molar-refractivity contribution >= 4 is 23.9 Å². The van der Waals surface area contributed by atoms with Gasteiger partial charge in [-0.15, -0.1) is 0 Å². The lowest BCUT2D eigenvalue weighted by molar-refractivity contribution is -0.138. The van der Waals surface area contributed by atoms with Gasteiger partial charge in [-0.1, -0.05) is 37.4 Å². The molecule has 174 valence electrons. The summed E-state index contributed by atoms with van der Waals surface area (Å²) < 4.78 is 19.7. The number of nitrogens with one attached hydrogen (secondary N) is 2. The van der Waals surface area contributed by atoms with Crippen LogP contribution >= 0.6 is 0 Å². The minimum Gasteiger partial charge on any atom is -0.459 e. The van der Waals surface area contributed by atoms with Crippen LogP contribution in [-0.4, -0.2) is 57.0 Å². The second kappa shape index (κ2) is 15.2. The molecule has 0 bridgehead atoms. The van der Waals surface area contributed by atoms with Crippen LogP contribution in [0.4, 0.5) is 9.59 Å². The number of ether oxygens (including phenoxy) is 4. The monoisotopic (exact) mass is 448 g/mol. The fourth-order valence-electron chi connectivity index (χ4n) is 2.13. The number of carbonyl (C=O) groups excluding carboxylic acids is 4. The Labute approximate surface area is 186 Å². The van der Waals surface area contributed by atoms with Gasteiger partial charge in [0.15, 0.2) is 5.78 Å². The van der Waals surface area contributed by atoms with Gasteiger partial charge in [-0.3, -0.25) is 4.79 Å². The number of rotatable bonds is 14. The van der Waals surface area contributed by atoms with Gasteiger partial charge in [0.05, 0.1) is 13.2 Å². The van der Waals surface area contributed by atoms with Gasteiger partial charge in [-0.05, 0) is 18.1 Å². The molecule has 0 aliphatic carbocycles. The molecular formula is C22H28N2O8. The quantitative estimate of drug-likeness (QED) is 0.191. The van der Waals surface area contributed by atoms with Crippen LogP contribution in [0.15, 0.2) is 49.1 Å². The molecule has 0 radical (unpaired) electrons. The molecule has 1 aromatic rings. The lowest BCUT2D eigenvalue weighted by Gasteiger charge is -2.10. The highest BCUT2D eigenvalue weighted by molar-refractivity contribution is 5.92. The molecule has 0 aliphatic rings. The van der Waals surface area contributed by atoms with E-state index in [1.54, 1.807) is 12.1 Å². The van der Waals surface area contributed by atoms with Gasteiger partial charge < -0.3 is 29.6 Å². The number of esters is 1. The summed E-state index contributed by atoms with van der Waals surface area (Å²) in [5.41, 5.74) is 1.96.